The average Bonchev–Trinajstić information content (AvgIpc) is 3.16. The van der Waals surface area contributed by atoms with Gasteiger partial charge in [0.1, 0.15) is 0 Å². The maximum atomic E-state index is 12.2. The van der Waals surface area contributed by atoms with Crippen LogP contribution in [0.5, 0.6) is 0 Å². The molecule has 0 aromatic heterocycles. The van der Waals surface area contributed by atoms with E-state index in [1.165, 1.54) is 46.5 Å². The van der Waals surface area contributed by atoms with Crippen molar-refractivity contribution in [3.8, 4) is 11.1 Å². The predicted octanol–water partition coefficient (Wildman–Crippen LogP) is 5.07. The Morgan fingerprint density at radius 2 is 1.15 bits per heavy atom. The van der Waals surface area contributed by atoms with Crippen LogP contribution in [0.4, 0.5) is 13.2 Å². The maximum Gasteiger partial charge on any atom is 0.534 e. The third-order valence-corrected chi connectivity index (χ3v) is 6.08. The van der Waals surface area contributed by atoms with E-state index in [0.717, 1.165) is 6.42 Å². The Labute approximate surface area is 187 Å². The number of benzene rings is 3. The minimum atomic E-state index is -6.00. The van der Waals surface area contributed by atoms with E-state index in [-0.39, 0.29) is 11.1 Å². The van der Waals surface area contributed by atoms with Gasteiger partial charge in [0.05, 0.1) is 0 Å². The summed E-state index contributed by atoms with van der Waals surface area (Å²) in [6, 6.07) is 22.6. The first-order valence-electron chi connectivity index (χ1n) is 9.65. The van der Waals surface area contributed by atoms with Crippen molar-refractivity contribution in [3.63, 3.8) is 0 Å². The van der Waals surface area contributed by atoms with Crippen molar-refractivity contribution in [3.05, 3.63) is 107 Å². The number of allylic oxidation sites excluding steroid dienone is 2. The third kappa shape index (κ3) is 4.31. The zero-order valence-electron chi connectivity index (χ0n) is 16.8. The molecule has 3 aromatic carbocycles. The summed E-state index contributed by atoms with van der Waals surface area (Å²) in [4.78, 5) is 23.4. The van der Waals surface area contributed by atoms with E-state index in [1.807, 2.05) is 0 Å². The molecule has 0 aliphatic heterocycles. The molecule has 0 amide bonds. The van der Waals surface area contributed by atoms with Gasteiger partial charge >= 0.3 is 15.6 Å². The second-order valence-electron chi connectivity index (χ2n) is 7.22. The van der Waals surface area contributed by atoms with Crippen molar-refractivity contribution in [1.29, 1.82) is 0 Å². The van der Waals surface area contributed by atoms with Gasteiger partial charge in [0.2, 0.25) is 5.78 Å². The molecule has 2 aliphatic carbocycles. The molecule has 0 atom stereocenters. The largest absolute Gasteiger partial charge is 0.534 e. The second-order valence-corrected chi connectivity index (χ2v) is 8.76. The number of rotatable bonds is 2. The van der Waals surface area contributed by atoms with Crippen molar-refractivity contribution in [1.82, 2.24) is 0 Å². The lowest BCUT2D eigenvalue weighted by Gasteiger charge is -2.16. The normalized spacial score (nSPS) is 14.3. The topological polar surface area (TPSA) is 77.5 Å². The molecule has 33 heavy (non-hydrogen) atoms. The van der Waals surface area contributed by atoms with Crippen LogP contribution in [0.3, 0.4) is 0 Å². The monoisotopic (exact) mass is 472 g/mol. The Hall–Kier alpha value is -3.72. The van der Waals surface area contributed by atoms with Crippen molar-refractivity contribution < 1.29 is 35.4 Å². The lowest BCUT2D eigenvalue weighted by molar-refractivity contribution is -0.0520. The number of halogens is 3. The van der Waals surface area contributed by atoms with E-state index in [2.05, 4.69) is 52.7 Å². The van der Waals surface area contributed by atoms with Crippen molar-refractivity contribution in [2.45, 2.75) is 11.9 Å². The van der Waals surface area contributed by atoms with Crippen LogP contribution in [-0.2, 0) is 20.7 Å². The van der Waals surface area contributed by atoms with E-state index < -0.39 is 33.0 Å². The summed E-state index contributed by atoms with van der Waals surface area (Å²) < 4.78 is 61.9. The molecule has 0 saturated carbocycles. The first-order valence-corrected chi connectivity index (χ1v) is 11.1. The summed E-state index contributed by atoms with van der Waals surface area (Å²) >= 11 is 0. The van der Waals surface area contributed by atoms with Gasteiger partial charge in [-0.25, -0.2) is 0 Å². The first kappa shape index (κ1) is 22.5. The fourth-order valence-corrected chi connectivity index (χ4v) is 4.05. The van der Waals surface area contributed by atoms with Crippen LogP contribution in [0.2, 0.25) is 0 Å². The number of carbonyl (C=O) groups is 2. The van der Waals surface area contributed by atoms with Crippen molar-refractivity contribution >= 4 is 21.7 Å². The van der Waals surface area contributed by atoms with Crippen LogP contribution in [0, 0.1) is 0 Å². The highest BCUT2D eigenvalue weighted by Crippen LogP contribution is 2.35. The highest BCUT2D eigenvalue weighted by Gasteiger charge is 2.50. The van der Waals surface area contributed by atoms with Crippen LogP contribution >= 0.6 is 0 Å². The molecular formula is C24H15F3O5S. The van der Waals surface area contributed by atoms with E-state index in [4.69, 9.17) is 0 Å². The lowest BCUT2D eigenvalue weighted by atomic mass is 9.94. The van der Waals surface area contributed by atoms with Gasteiger partial charge in [-0.05, 0) is 28.7 Å². The molecule has 5 nitrogen and oxygen atoms in total. The standard InChI is InChI=1S/C13H10.C11H5F3O5S/c1-3-7-12-10(5-1)9-11-6-2-4-8-13(11)12;12-11(13,14)20(17,18)19-9-5-8(15)6-3-1-2-4-7(6)10(9)16/h1-8H,9H2;1-5H. The van der Waals surface area contributed by atoms with Crippen molar-refractivity contribution in [2.24, 2.45) is 0 Å². The van der Waals surface area contributed by atoms with Gasteiger partial charge in [0, 0.05) is 17.2 Å². The minimum absolute atomic E-state index is 0.0331. The fraction of sp³-hybridized carbons (Fsp3) is 0.0833. The molecule has 5 rings (SSSR count). The summed E-state index contributed by atoms with van der Waals surface area (Å²) in [6.07, 6.45) is 1.53. The van der Waals surface area contributed by atoms with Gasteiger partial charge in [-0.2, -0.15) is 21.6 Å². The Balaban J connectivity index is 0.000000170. The lowest BCUT2D eigenvalue weighted by Crippen LogP contribution is -2.28. The highest BCUT2D eigenvalue weighted by molar-refractivity contribution is 7.87. The molecule has 0 saturated heterocycles. The van der Waals surface area contributed by atoms with Gasteiger partial charge in [0.25, 0.3) is 0 Å². The summed E-state index contributed by atoms with van der Waals surface area (Å²) in [6.45, 7) is 0. The number of Topliss-reactive ketones (excluding diaryl/α,β-unsaturated/α-hetero) is 1. The molecule has 3 aromatic rings. The van der Waals surface area contributed by atoms with Crippen molar-refractivity contribution in [2.75, 3.05) is 0 Å². The molecule has 168 valence electrons. The van der Waals surface area contributed by atoms with Crippen LogP contribution in [0.25, 0.3) is 11.1 Å². The van der Waals surface area contributed by atoms with E-state index in [1.54, 1.807) is 0 Å². The molecule has 0 heterocycles. The average molecular weight is 472 g/mol. The van der Waals surface area contributed by atoms with Crippen LogP contribution in [0.15, 0.2) is 84.6 Å². The minimum Gasteiger partial charge on any atom is -0.372 e. The molecular weight excluding hydrogens is 457 g/mol. The van der Waals surface area contributed by atoms with Crippen LogP contribution < -0.4 is 0 Å². The third-order valence-electron chi connectivity index (χ3n) is 5.11. The van der Waals surface area contributed by atoms with E-state index in [9.17, 15) is 31.2 Å². The molecule has 9 heteroatoms. The summed E-state index contributed by atoms with van der Waals surface area (Å²) in [5, 5.41) is 0. The molecule has 0 fully saturated rings. The Kier molecular flexibility index (Phi) is 5.67. The van der Waals surface area contributed by atoms with Gasteiger partial charge in [-0.1, -0.05) is 72.8 Å². The molecule has 0 unspecified atom stereocenters. The van der Waals surface area contributed by atoms with Crippen LogP contribution in [0.1, 0.15) is 31.8 Å². The smallest absolute Gasteiger partial charge is 0.372 e. The van der Waals surface area contributed by atoms with Crippen LogP contribution in [-0.4, -0.2) is 25.5 Å². The number of hydrogen-bond donors (Lipinski definition) is 0. The van der Waals surface area contributed by atoms with Gasteiger partial charge in [-0.3, -0.25) is 9.59 Å². The van der Waals surface area contributed by atoms with Gasteiger partial charge in [0.15, 0.2) is 11.5 Å². The number of ketones is 2. The first-order chi connectivity index (χ1) is 15.6. The zero-order valence-corrected chi connectivity index (χ0v) is 17.6. The number of alkyl halides is 3. The second kappa shape index (κ2) is 8.32. The Bertz CT molecular complexity index is 1360. The summed E-state index contributed by atoms with van der Waals surface area (Å²) in [7, 11) is -6.00. The Morgan fingerprint density at radius 3 is 1.67 bits per heavy atom. The molecule has 0 bridgehead atoms. The fourth-order valence-electron chi connectivity index (χ4n) is 3.60. The van der Waals surface area contributed by atoms with Gasteiger partial charge in [-0.15, -0.1) is 0 Å². The maximum absolute atomic E-state index is 12.2. The molecule has 2 aliphatic rings. The summed E-state index contributed by atoms with van der Waals surface area (Å²) in [5.74, 6) is -3.09. The van der Waals surface area contributed by atoms with E-state index in [0.29, 0.717) is 6.08 Å². The highest BCUT2D eigenvalue weighted by atomic mass is 32.2. The SMILES string of the molecule is O=C1C=C(OS(=O)(=O)C(F)(F)F)C(=O)c2ccccc21.c1ccc2c(c1)Cc1ccccc1-2. The van der Waals surface area contributed by atoms with Gasteiger partial charge < -0.3 is 4.18 Å². The zero-order chi connectivity index (χ0) is 23.8. The Morgan fingerprint density at radius 1 is 0.697 bits per heavy atom. The quantitative estimate of drug-likeness (QED) is 0.301. The predicted molar refractivity (Wildman–Crippen MR) is 114 cm³/mol. The molecule has 0 spiro atoms. The number of hydrogen-bond acceptors (Lipinski definition) is 5. The molecule has 0 N–H and O–H groups in total. The number of fused-ring (bicyclic) bond motifs is 4. The number of carbonyl (C=O) groups excluding carboxylic acids is 2. The molecule has 0 radical (unpaired) electrons. The summed E-state index contributed by atoms with van der Waals surface area (Å²) in [5.41, 5.74) is -0.182. The van der Waals surface area contributed by atoms with E-state index >= 15 is 0 Å².